The Morgan fingerprint density at radius 1 is 1.44 bits per heavy atom. The summed E-state index contributed by atoms with van der Waals surface area (Å²) in [7, 11) is 4.13. The van der Waals surface area contributed by atoms with Crippen LogP contribution >= 0.6 is 0 Å². The highest BCUT2D eigenvalue weighted by Crippen LogP contribution is 2.18. The van der Waals surface area contributed by atoms with Crippen LogP contribution in [0.1, 0.15) is 32.1 Å². The van der Waals surface area contributed by atoms with Crippen molar-refractivity contribution in [2.45, 2.75) is 38.1 Å². The van der Waals surface area contributed by atoms with Gasteiger partial charge < -0.3 is 15.1 Å². The van der Waals surface area contributed by atoms with Crippen LogP contribution in [-0.4, -0.2) is 62.0 Å². The third kappa shape index (κ3) is 3.69. The fraction of sp³-hybridized carbons (Fsp3) is 0.929. The fourth-order valence-corrected chi connectivity index (χ4v) is 3.12. The van der Waals surface area contributed by atoms with Crippen molar-refractivity contribution < 1.29 is 4.79 Å². The van der Waals surface area contributed by atoms with E-state index in [4.69, 9.17) is 0 Å². The number of carbonyl (C=O) groups excluding carboxylic acids is 1. The molecule has 2 heterocycles. The maximum atomic E-state index is 12.2. The van der Waals surface area contributed by atoms with Crippen molar-refractivity contribution in [1.82, 2.24) is 15.1 Å². The highest BCUT2D eigenvalue weighted by molar-refractivity contribution is 5.76. The van der Waals surface area contributed by atoms with Crippen LogP contribution in [0.5, 0.6) is 0 Å². The number of carbonyl (C=O) groups is 1. The minimum Gasteiger partial charge on any atom is -0.341 e. The molecule has 2 fully saturated rings. The van der Waals surface area contributed by atoms with Crippen molar-refractivity contribution in [2.24, 2.45) is 5.92 Å². The molecule has 0 aliphatic carbocycles. The molecule has 2 unspecified atom stereocenters. The highest BCUT2D eigenvalue weighted by atomic mass is 16.2. The summed E-state index contributed by atoms with van der Waals surface area (Å²) in [4.78, 5) is 16.5. The van der Waals surface area contributed by atoms with Crippen LogP contribution in [-0.2, 0) is 4.79 Å². The van der Waals surface area contributed by atoms with E-state index in [9.17, 15) is 4.79 Å². The predicted molar refractivity (Wildman–Crippen MR) is 73.5 cm³/mol. The summed E-state index contributed by atoms with van der Waals surface area (Å²) in [5.41, 5.74) is 0. The Bertz CT molecular complexity index is 276. The van der Waals surface area contributed by atoms with Crippen molar-refractivity contribution in [3.63, 3.8) is 0 Å². The van der Waals surface area contributed by atoms with Gasteiger partial charge in [-0.1, -0.05) is 0 Å². The molecule has 2 saturated heterocycles. The summed E-state index contributed by atoms with van der Waals surface area (Å²) < 4.78 is 0. The van der Waals surface area contributed by atoms with Gasteiger partial charge in [-0.2, -0.15) is 0 Å². The van der Waals surface area contributed by atoms with Gasteiger partial charge in [0.05, 0.1) is 0 Å². The van der Waals surface area contributed by atoms with Crippen LogP contribution < -0.4 is 5.32 Å². The quantitative estimate of drug-likeness (QED) is 0.809. The Morgan fingerprint density at radius 2 is 2.28 bits per heavy atom. The number of likely N-dealkylation sites (N-methyl/N-ethyl adjacent to an activating group) is 2. The number of hydrogen-bond acceptors (Lipinski definition) is 3. The van der Waals surface area contributed by atoms with Gasteiger partial charge in [0.2, 0.25) is 5.91 Å². The standard InChI is InChI=1S/C14H27N3O/c1-16-9-3-4-13(11-16)17(2)14(18)6-5-12-7-8-15-10-12/h12-13,15H,3-11H2,1-2H3. The lowest BCUT2D eigenvalue weighted by molar-refractivity contribution is -0.133. The topological polar surface area (TPSA) is 35.6 Å². The summed E-state index contributed by atoms with van der Waals surface area (Å²) in [6.45, 7) is 4.44. The molecule has 4 nitrogen and oxygen atoms in total. The van der Waals surface area contributed by atoms with Crippen LogP contribution in [0.25, 0.3) is 0 Å². The number of piperidine rings is 1. The third-order valence-electron chi connectivity index (χ3n) is 4.47. The first-order valence-electron chi connectivity index (χ1n) is 7.31. The van der Waals surface area contributed by atoms with Gasteiger partial charge in [0.25, 0.3) is 0 Å². The lowest BCUT2D eigenvalue weighted by atomic mass is 10.0. The number of amides is 1. The molecule has 0 aromatic rings. The summed E-state index contributed by atoms with van der Waals surface area (Å²) in [6.07, 6.45) is 5.40. The lowest BCUT2D eigenvalue weighted by Gasteiger charge is -2.36. The molecule has 1 amide bonds. The second-order valence-electron chi connectivity index (χ2n) is 5.96. The van der Waals surface area contributed by atoms with E-state index in [2.05, 4.69) is 17.3 Å². The molecule has 2 aliphatic rings. The maximum Gasteiger partial charge on any atom is 0.222 e. The van der Waals surface area contributed by atoms with Crippen molar-refractivity contribution in [2.75, 3.05) is 40.3 Å². The molecule has 104 valence electrons. The van der Waals surface area contributed by atoms with Crippen LogP contribution in [0.2, 0.25) is 0 Å². The van der Waals surface area contributed by atoms with Gasteiger partial charge in [0, 0.05) is 26.1 Å². The zero-order valence-corrected chi connectivity index (χ0v) is 11.8. The molecule has 0 aromatic carbocycles. The van der Waals surface area contributed by atoms with Crippen molar-refractivity contribution in [1.29, 1.82) is 0 Å². The molecular weight excluding hydrogens is 226 g/mol. The van der Waals surface area contributed by atoms with E-state index in [0.717, 1.165) is 44.8 Å². The normalized spacial score (nSPS) is 29.4. The summed E-state index contributed by atoms with van der Waals surface area (Å²) in [6, 6.07) is 0.429. The van der Waals surface area contributed by atoms with Crippen LogP contribution in [0, 0.1) is 5.92 Å². The first-order chi connectivity index (χ1) is 8.66. The number of nitrogens with zero attached hydrogens (tertiary/aromatic N) is 2. The van der Waals surface area contributed by atoms with Gasteiger partial charge >= 0.3 is 0 Å². The Labute approximate surface area is 111 Å². The zero-order chi connectivity index (χ0) is 13.0. The minimum absolute atomic E-state index is 0.335. The van der Waals surface area contributed by atoms with Gasteiger partial charge in [-0.15, -0.1) is 0 Å². The Balaban J connectivity index is 1.73. The largest absolute Gasteiger partial charge is 0.341 e. The molecule has 2 atom stereocenters. The monoisotopic (exact) mass is 253 g/mol. The Morgan fingerprint density at radius 3 is 2.94 bits per heavy atom. The Kier molecular flexibility index (Phi) is 5.01. The van der Waals surface area contributed by atoms with E-state index >= 15 is 0 Å². The smallest absolute Gasteiger partial charge is 0.222 e. The molecule has 2 aliphatic heterocycles. The fourth-order valence-electron chi connectivity index (χ4n) is 3.12. The molecule has 0 radical (unpaired) electrons. The molecule has 0 saturated carbocycles. The minimum atomic E-state index is 0.335. The summed E-state index contributed by atoms with van der Waals surface area (Å²) in [5.74, 6) is 1.05. The van der Waals surface area contributed by atoms with Gasteiger partial charge in [-0.3, -0.25) is 4.79 Å². The SMILES string of the molecule is CN1CCCC(N(C)C(=O)CCC2CCNC2)C1. The van der Waals surface area contributed by atoms with Crippen LogP contribution in [0.3, 0.4) is 0 Å². The molecule has 2 rings (SSSR count). The molecule has 0 aromatic heterocycles. The summed E-state index contributed by atoms with van der Waals surface area (Å²) >= 11 is 0. The number of rotatable bonds is 4. The second kappa shape index (κ2) is 6.53. The van der Waals surface area contributed by atoms with E-state index in [0.29, 0.717) is 11.9 Å². The zero-order valence-electron chi connectivity index (χ0n) is 11.8. The van der Waals surface area contributed by atoms with Crippen LogP contribution in [0.4, 0.5) is 0 Å². The third-order valence-corrected chi connectivity index (χ3v) is 4.47. The maximum absolute atomic E-state index is 12.2. The number of likely N-dealkylation sites (tertiary alicyclic amines) is 1. The van der Waals surface area contributed by atoms with Gasteiger partial charge in [-0.05, 0) is 58.3 Å². The molecular formula is C14H27N3O. The molecule has 1 N–H and O–H groups in total. The molecule has 0 spiro atoms. The van der Waals surface area contributed by atoms with E-state index < -0.39 is 0 Å². The Hall–Kier alpha value is -0.610. The second-order valence-corrected chi connectivity index (χ2v) is 5.96. The van der Waals surface area contributed by atoms with Crippen molar-refractivity contribution in [3.05, 3.63) is 0 Å². The van der Waals surface area contributed by atoms with E-state index in [1.165, 1.54) is 19.4 Å². The van der Waals surface area contributed by atoms with Crippen LogP contribution in [0.15, 0.2) is 0 Å². The lowest BCUT2D eigenvalue weighted by Crippen LogP contribution is -2.47. The van der Waals surface area contributed by atoms with Crippen molar-refractivity contribution in [3.8, 4) is 0 Å². The predicted octanol–water partition coefficient (Wildman–Crippen LogP) is 0.929. The molecule has 18 heavy (non-hydrogen) atoms. The number of nitrogens with one attached hydrogen (secondary N) is 1. The average Bonchev–Trinajstić information content (AvgIpc) is 2.88. The van der Waals surface area contributed by atoms with E-state index in [1.807, 2.05) is 11.9 Å². The molecule has 0 bridgehead atoms. The first-order valence-corrected chi connectivity index (χ1v) is 7.31. The van der Waals surface area contributed by atoms with Crippen molar-refractivity contribution >= 4 is 5.91 Å². The van der Waals surface area contributed by atoms with E-state index in [-0.39, 0.29) is 0 Å². The molecule has 4 heteroatoms. The first kappa shape index (κ1) is 13.8. The van der Waals surface area contributed by atoms with Gasteiger partial charge in [0.15, 0.2) is 0 Å². The van der Waals surface area contributed by atoms with Gasteiger partial charge in [-0.25, -0.2) is 0 Å². The van der Waals surface area contributed by atoms with Gasteiger partial charge in [0.1, 0.15) is 0 Å². The highest BCUT2D eigenvalue weighted by Gasteiger charge is 2.25. The van der Waals surface area contributed by atoms with E-state index in [1.54, 1.807) is 0 Å². The number of hydrogen-bond donors (Lipinski definition) is 1. The summed E-state index contributed by atoms with van der Waals surface area (Å²) in [5, 5.41) is 3.36. The average molecular weight is 253 g/mol.